The van der Waals surface area contributed by atoms with Crippen molar-refractivity contribution in [1.29, 1.82) is 0 Å². The first-order valence-corrected chi connectivity index (χ1v) is 7.79. The zero-order valence-electron chi connectivity index (χ0n) is 13.6. The molecule has 0 radical (unpaired) electrons. The molecule has 2 aromatic rings. The number of aryl methyl sites for hydroxylation is 2. The molecule has 7 heteroatoms. The van der Waals surface area contributed by atoms with E-state index >= 15 is 0 Å². The lowest BCUT2D eigenvalue weighted by Gasteiger charge is -2.15. The van der Waals surface area contributed by atoms with Crippen molar-refractivity contribution in [2.45, 2.75) is 39.5 Å². The Kier molecular flexibility index (Phi) is 4.80. The molecule has 0 saturated carbocycles. The van der Waals surface area contributed by atoms with Crippen molar-refractivity contribution in [2.24, 2.45) is 0 Å². The summed E-state index contributed by atoms with van der Waals surface area (Å²) in [7, 11) is 0. The summed E-state index contributed by atoms with van der Waals surface area (Å²) in [5.41, 5.74) is 3.27. The number of hydrogen-bond acceptors (Lipinski definition) is 3. The molecule has 0 fully saturated rings. The van der Waals surface area contributed by atoms with Crippen LogP contribution in [0.15, 0.2) is 18.2 Å². The average Bonchev–Trinajstić information content (AvgIpc) is 2.73. The summed E-state index contributed by atoms with van der Waals surface area (Å²) in [5, 5.41) is 0. The number of aromatic nitrogens is 2. The first-order chi connectivity index (χ1) is 11.5. The van der Waals surface area contributed by atoms with Gasteiger partial charge < -0.3 is 14.0 Å². The highest BCUT2D eigenvalue weighted by Crippen LogP contribution is 2.29. The number of nitrogens with zero attached hydrogens (tertiary/aromatic N) is 2. The van der Waals surface area contributed by atoms with E-state index in [2.05, 4.69) is 9.72 Å². The summed E-state index contributed by atoms with van der Waals surface area (Å²) in [5.74, 6) is 0.830. The third-order valence-electron chi connectivity index (χ3n) is 4.17. The zero-order chi connectivity index (χ0) is 17.3. The molecule has 1 aliphatic rings. The number of fused-ring (bicyclic) bond motifs is 1. The highest BCUT2D eigenvalue weighted by molar-refractivity contribution is 5.60. The summed E-state index contributed by atoms with van der Waals surface area (Å²) in [6.07, 6.45) is 0.169. The van der Waals surface area contributed by atoms with Crippen LogP contribution in [0.25, 0.3) is 11.4 Å². The summed E-state index contributed by atoms with van der Waals surface area (Å²) in [6, 6.07) is 4.95. The van der Waals surface area contributed by atoms with Gasteiger partial charge in [-0.3, -0.25) is 0 Å². The second-order valence-electron chi connectivity index (χ2n) is 5.83. The Morgan fingerprint density at radius 1 is 1.38 bits per heavy atom. The molecule has 0 saturated heterocycles. The lowest BCUT2D eigenvalue weighted by Crippen LogP contribution is -2.21. The number of imidazole rings is 1. The van der Waals surface area contributed by atoms with Crippen LogP contribution in [-0.4, -0.2) is 35.5 Å². The van der Waals surface area contributed by atoms with E-state index in [9.17, 15) is 13.2 Å². The predicted octanol–water partition coefficient (Wildman–Crippen LogP) is 3.68. The lowest BCUT2D eigenvalue weighted by atomic mass is 10.1. The SMILES string of the molecule is Cc1cc(-c2nc(C)c3n2C[C@@H](CF)OCC3)ccc1OC(F)F. The summed E-state index contributed by atoms with van der Waals surface area (Å²) in [6.45, 7) is 1.04. The van der Waals surface area contributed by atoms with Crippen LogP contribution in [0.5, 0.6) is 5.75 Å². The molecule has 2 heterocycles. The first kappa shape index (κ1) is 16.8. The van der Waals surface area contributed by atoms with Crippen LogP contribution in [0.4, 0.5) is 13.2 Å². The third-order valence-corrected chi connectivity index (χ3v) is 4.17. The smallest absolute Gasteiger partial charge is 0.387 e. The van der Waals surface area contributed by atoms with Crippen LogP contribution in [0.2, 0.25) is 0 Å². The van der Waals surface area contributed by atoms with E-state index in [1.165, 1.54) is 6.07 Å². The molecule has 1 aromatic carbocycles. The van der Waals surface area contributed by atoms with Crippen molar-refractivity contribution in [3.63, 3.8) is 0 Å². The van der Waals surface area contributed by atoms with Gasteiger partial charge in [-0.05, 0) is 37.6 Å². The summed E-state index contributed by atoms with van der Waals surface area (Å²) in [4.78, 5) is 4.60. The van der Waals surface area contributed by atoms with Gasteiger partial charge in [-0.25, -0.2) is 9.37 Å². The van der Waals surface area contributed by atoms with Gasteiger partial charge in [-0.2, -0.15) is 8.78 Å². The van der Waals surface area contributed by atoms with E-state index in [4.69, 9.17) is 4.74 Å². The van der Waals surface area contributed by atoms with E-state index in [0.717, 1.165) is 17.0 Å². The average molecular weight is 340 g/mol. The van der Waals surface area contributed by atoms with Gasteiger partial charge in [-0.1, -0.05) is 0 Å². The topological polar surface area (TPSA) is 36.3 Å². The van der Waals surface area contributed by atoms with Gasteiger partial charge in [0.05, 0.1) is 18.8 Å². The number of hydrogen-bond donors (Lipinski definition) is 0. The van der Waals surface area contributed by atoms with Crippen molar-refractivity contribution >= 4 is 0 Å². The van der Waals surface area contributed by atoms with Gasteiger partial charge in [0.2, 0.25) is 0 Å². The van der Waals surface area contributed by atoms with E-state index in [0.29, 0.717) is 31.0 Å². The molecule has 130 valence electrons. The van der Waals surface area contributed by atoms with E-state index in [1.807, 2.05) is 11.5 Å². The van der Waals surface area contributed by atoms with Crippen LogP contribution < -0.4 is 4.74 Å². The highest BCUT2D eigenvalue weighted by Gasteiger charge is 2.23. The van der Waals surface area contributed by atoms with Crippen LogP contribution >= 0.6 is 0 Å². The fourth-order valence-electron chi connectivity index (χ4n) is 3.03. The number of ether oxygens (including phenoxy) is 2. The number of alkyl halides is 3. The molecule has 3 rings (SSSR count). The van der Waals surface area contributed by atoms with Gasteiger partial charge in [0.25, 0.3) is 0 Å². The van der Waals surface area contributed by atoms with Crippen molar-refractivity contribution in [2.75, 3.05) is 13.3 Å². The Labute approximate surface area is 138 Å². The largest absolute Gasteiger partial charge is 0.435 e. The molecule has 0 amide bonds. The number of benzene rings is 1. The van der Waals surface area contributed by atoms with Gasteiger partial charge in [0.15, 0.2) is 0 Å². The van der Waals surface area contributed by atoms with Crippen LogP contribution in [0.1, 0.15) is 17.0 Å². The molecular weight excluding hydrogens is 321 g/mol. The lowest BCUT2D eigenvalue weighted by molar-refractivity contribution is -0.0502. The minimum Gasteiger partial charge on any atom is -0.435 e. The van der Waals surface area contributed by atoms with Crippen LogP contribution in [0, 0.1) is 13.8 Å². The molecule has 1 aliphatic heterocycles. The molecular formula is C17H19F3N2O2. The summed E-state index contributed by atoms with van der Waals surface area (Å²) < 4.78 is 49.8. The second-order valence-corrected chi connectivity index (χ2v) is 5.83. The maximum absolute atomic E-state index is 13.1. The molecule has 0 bridgehead atoms. The monoisotopic (exact) mass is 340 g/mol. The molecule has 1 aromatic heterocycles. The zero-order valence-corrected chi connectivity index (χ0v) is 13.6. The van der Waals surface area contributed by atoms with Gasteiger partial charge in [0.1, 0.15) is 24.4 Å². The summed E-state index contributed by atoms with van der Waals surface area (Å²) >= 11 is 0. The minimum atomic E-state index is -2.86. The maximum atomic E-state index is 13.1. The number of rotatable bonds is 4. The van der Waals surface area contributed by atoms with Crippen molar-refractivity contribution in [1.82, 2.24) is 9.55 Å². The fourth-order valence-corrected chi connectivity index (χ4v) is 3.03. The van der Waals surface area contributed by atoms with E-state index in [1.54, 1.807) is 19.1 Å². The molecule has 24 heavy (non-hydrogen) atoms. The molecule has 0 N–H and O–H groups in total. The molecule has 0 spiro atoms. The Hall–Kier alpha value is -2.02. The predicted molar refractivity (Wildman–Crippen MR) is 83.2 cm³/mol. The first-order valence-electron chi connectivity index (χ1n) is 7.79. The van der Waals surface area contributed by atoms with Crippen molar-refractivity contribution in [3.8, 4) is 17.1 Å². The Balaban J connectivity index is 2.00. The van der Waals surface area contributed by atoms with E-state index < -0.39 is 19.4 Å². The normalized spacial score (nSPS) is 17.7. The Morgan fingerprint density at radius 2 is 2.17 bits per heavy atom. The minimum absolute atomic E-state index is 0.137. The van der Waals surface area contributed by atoms with Gasteiger partial charge in [-0.15, -0.1) is 0 Å². The molecule has 4 nitrogen and oxygen atoms in total. The van der Waals surface area contributed by atoms with E-state index in [-0.39, 0.29) is 5.75 Å². The second kappa shape index (κ2) is 6.84. The standard InChI is InChI=1S/C17H19F3N2O2/c1-10-7-12(3-4-15(10)24-17(19)20)16-21-11(2)14-5-6-23-13(8-18)9-22(14)16/h3-4,7,13,17H,5-6,8-9H2,1-2H3/t13-/m1/s1. The molecule has 1 atom stereocenters. The fraction of sp³-hybridized carbons (Fsp3) is 0.471. The third kappa shape index (κ3) is 3.26. The quantitative estimate of drug-likeness (QED) is 0.852. The molecule has 0 aliphatic carbocycles. The van der Waals surface area contributed by atoms with Gasteiger partial charge >= 0.3 is 6.61 Å². The van der Waals surface area contributed by atoms with Crippen LogP contribution in [-0.2, 0) is 17.7 Å². The van der Waals surface area contributed by atoms with Crippen LogP contribution in [0.3, 0.4) is 0 Å². The molecule has 0 unspecified atom stereocenters. The Morgan fingerprint density at radius 3 is 2.83 bits per heavy atom. The van der Waals surface area contributed by atoms with Crippen molar-refractivity contribution < 1.29 is 22.6 Å². The highest BCUT2D eigenvalue weighted by atomic mass is 19.3. The number of halogens is 3. The maximum Gasteiger partial charge on any atom is 0.387 e. The van der Waals surface area contributed by atoms with Crippen molar-refractivity contribution in [3.05, 3.63) is 35.2 Å². The Bertz CT molecular complexity index is 731. The van der Waals surface area contributed by atoms with Gasteiger partial charge in [0, 0.05) is 17.7 Å².